The van der Waals surface area contributed by atoms with Crippen LogP contribution in [0.5, 0.6) is 11.6 Å². The predicted molar refractivity (Wildman–Crippen MR) is 138 cm³/mol. The van der Waals surface area contributed by atoms with Crippen molar-refractivity contribution in [3.8, 4) is 11.6 Å². The fourth-order valence-electron chi connectivity index (χ4n) is 5.08. The van der Waals surface area contributed by atoms with Crippen LogP contribution < -0.4 is 9.47 Å². The van der Waals surface area contributed by atoms with Gasteiger partial charge in [-0.25, -0.2) is 9.48 Å². The summed E-state index contributed by atoms with van der Waals surface area (Å²) in [6, 6.07) is 15.4. The smallest absolute Gasteiger partial charge is 0.362 e. The molecule has 1 aliphatic heterocycles. The van der Waals surface area contributed by atoms with E-state index in [1.54, 1.807) is 7.11 Å². The molecular weight excluding hydrogens is 488 g/mol. The third kappa shape index (κ3) is 5.80. The van der Waals surface area contributed by atoms with Gasteiger partial charge in [0.25, 0.3) is 5.91 Å². The van der Waals surface area contributed by atoms with E-state index in [0.29, 0.717) is 44.3 Å². The van der Waals surface area contributed by atoms with Crippen LogP contribution in [0.15, 0.2) is 48.5 Å². The van der Waals surface area contributed by atoms with Crippen LogP contribution in [0.4, 0.5) is 0 Å². The first-order chi connectivity index (χ1) is 18.5. The van der Waals surface area contributed by atoms with Crippen molar-refractivity contribution in [1.29, 1.82) is 0 Å². The molecule has 2 heterocycles. The first-order valence-electron chi connectivity index (χ1n) is 12.9. The molecule has 0 unspecified atom stereocenters. The minimum atomic E-state index is -1.17. The van der Waals surface area contributed by atoms with Crippen molar-refractivity contribution in [2.75, 3.05) is 33.4 Å². The molecule has 0 bridgehead atoms. The van der Waals surface area contributed by atoms with Gasteiger partial charge in [0.15, 0.2) is 0 Å². The SMILES string of the molecule is COc1ccc(Cn2nnc(C(=O)O)c2OC2CCC(c3ccc(C(=O)N4CCOCC4)cc3)CC2)cc1. The topological polar surface area (TPSA) is 116 Å². The summed E-state index contributed by atoms with van der Waals surface area (Å²) in [6.07, 6.45) is 3.26. The molecular formula is C28H32N4O6. The number of carbonyl (C=O) groups is 2. The zero-order valence-electron chi connectivity index (χ0n) is 21.4. The Kier molecular flexibility index (Phi) is 7.88. The summed E-state index contributed by atoms with van der Waals surface area (Å²) in [7, 11) is 1.61. The molecule has 2 aliphatic rings. The third-order valence-electron chi connectivity index (χ3n) is 7.26. The lowest BCUT2D eigenvalue weighted by Crippen LogP contribution is -2.40. The predicted octanol–water partition coefficient (Wildman–Crippen LogP) is 3.61. The molecule has 200 valence electrons. The van der Waals surface area contributed by atoms with Crippen LogP contribution in [-0.4, -0.2) is 76.4 Å². The van der Waals surface area contributed by atoms with Crippen LogP contribution in [0.3, 0.4) is 0 Å². The summed E-state index contributed by atoms with van der Waals surface area (Å²) in [5.41, 5.74) is 2.66. The Bertz CT molecular complexity index is 1240. The molecule has 1 saturated carbocycles. The Hall–Kier alpha value is -3.92. The summed E-state index contributed by atoms with van der Waals surface area (Å²) in [4.78, 5) is 26.3. The maximum atomic E-state index is 12.7. The fraction of sp³-hybridized carbons (Fsp3) is 0.429. The lowest BCUT2D eigenvalue weighted by molar-refractivity contribution is 0.0303. The van der Waals surface area contributed by atoms with Gasteiger partial charge in [0.1, 0.15) is 11.9 Å². The second-order valence-electron chi connectivity index (χ2n) is 9.67. The average molecular weight is 521 g/mol. The standard InChI is InChI=1S/C28H32N4O6/c1-36-23-10-2-19(3-11-23)18-32-27(25(28(34)35)29-30-32)38-24-12-8-21(9-13-24)20-4-6-22(7-5-20)26(33)31-14-16-37-17-15-31/h2-7,10-11,21,24H,8-9,12-18H2,1H3,(H,34,35). The van der Waals surface area contributed by atoms with Crippen LogP contribution in [-0.2, 0) is 11.3 Å². The molecule has 38 heavy (non-hydrogen) atoms. The van der Waals surface area contributed by atoms with E-state index >= 15 is 0 Å². The molecule has 1 saturated heterocycles. The molecule has 1 amide bonds. The van der Waals surface area contributed by atoms with Crippen molar-refractivity contribution in [2.24, 2.45) is 0 Å². The highest BCUT2D eigenvalue weighted by molar-refractivity contribution is 5.94. The first kappa shape index (κ1) is 25.7. The van der Waals surface area contributed by atoms with Gasteiger partial charge in [0, 0.05) is 18.7 Å². The van der Waals surface area contributed by atoms with Gasteiger partial charge in [-0.2, -0.15) is 0 Å². The van der Waals surface area contributed by atoms with Gasteiger partial charge < -0.3 is 24.2 Å². The average Bonchev–Trinajstić information content (AvgIpc) is 3.36. The number of aromatic nitrogens is 3. The second-order valence-corrected chi connectivity index (χ2v) is 9.67. The van der Waals surface area contributed by atoms with Gasteiger partial charge in [-0.15, -0.1) is 5.10 Å². The Morgan fingerprint density at radius 3 is 2.32 bits per heavy atom. The number of carbonyl (C=O) groups excluding carboxylic acids is 1. The lowest BCUT2D eigenvalue weighted by atomic mass is 9.82. The van der Waals surface area contributed by atoms with Gasteiger partial charge in [-0.3, -0.25) is 4.79 Å². The normalized spacial score (nSPS) is 19.7. The van der Waals surface area contributed by atoms with Crippen LogP contribution in [0.25, 0.3) is 0 Å². The minimum Gasteiger partial charge on any atom is -0.497 e. The van der Waals surface area contributed by atoms with Gasteiger partial charge in [0.2, 0.25) is 11.6 Å². The van der Waals surface area contributed by atoms with E-state index in [1.165, 1.54) is 10.2 Å². The quantitative estimate of drug-likeness (QED) is 0.479. The fourth-order valence-corrected chi connectivity index (χ4v) is 5.08. The summed E-state index contributed by atoms with van der Waals surface area (Å²) in [5.74, 6) is 0.170. The maximum Gasteiger partial charge on any atom is 0.362 e. The molecule has 3 aromatic rings. The highest BCUT2D eigenvalue weighted by Crippen LogP contribution is 2.35. The van der Waals surface area contributed by atoms with Crippen molar-refractivity contribution >= 4 is 11.9 Å². The Labute approximate surface area is 221 Å². The summed E-state index contributed by atoms with van der Waals surface area (Å²) >= 11 is 0. The molecule has 1 aliphatic carbocycles. The summed E-state index contributed by atoms with van der Waals surface area (Å²) < 4.78 is 18.3. The molecule has 1 N–H and O–H groups in total. The number of morpholine rings is 1. The van der Waals surface area contributed by atoms with Crippen molar-refractivity contribution in [3.63, 3.8) is 0 Å². The second kappa shape index (κ2) is 11.6. The number of ether oxygens (including phenoxy) is 3. The monoisotopic (exact) mass is 520 g/mol. The van der Waals surface area contributed by atoms with Crippen LogP contribution in [0.1, 0.15) is 63.6 Å². The van der Waals surface area contributed by atoms with Crippen LogP contribution in [0.2, 0.25) is 0 Å². The molecule has 1 aromatic heterocycles. The third-order valence-corrected chi connectivity index (χ3v) is 7.26. The molecule has 0 atom stereocenters. The number of carboxylic acids is 1. The number of hydrogen-bond acceptors (Lipinski definition) is 7. The van der Waals surface area contributed by atoms with Crippen molar-refractivity contribution in [3.05, 3.63) is 70.9 Å². The molecule has 2 aromatic carbocycles. The van der Waals surface area contributed by atoms with E-state index in [0.717, 1.165) is 37.0 Å². The number of amides is 1. The summed E-state index contributed by atoms with van der Waals surface area (Å²) in [6.45, 7) is 2.76. The minimum absolute atomic E-state index is 0.0473. The number of nitrogens with zero attached hydrogens (tertiary/aromatic N) is 4. The van der Waals surface area contributed by atoms with Crippen LogP contribution in [0, 0.1) is 0 Å². The largest absolute Gasteiger partial charge is 0.497 e. The first-order valence-corrected chi connectivity index (χ1v) is 12.9. The Morgan fingerprint density at radius 2 is 1.68 bits per heavy atom. The number of aromatic carboxylic acids is 1. The van der Waals surface area contributed by atoms with E-state index in [9.17, 15) is 14.7 Å². The lowest BCUT2D eigenvalue weighted by Gasteiger charge is -2.29. The molecule has 0 spiro atoms. The zero-order valence-corrected chi connectivity index (χ0v) is 21.4. The van der Waals surface area contributed by atoms with E-state index in [4.69, 9.17) is 14.2 Å². The van der Waals surface area contributed by atoms with Crippen molar-refractivity contribution in [2.45, 2.75) is 44.2 Å². The van der Waals surface area contributed by atoms with E-state index in [-0.39, 0.29) is 23.6 Å². The number of benzene rings is 2. The molecule has 5 rings (SSSR count). The number of carboxylic acid groups (broad SMARTS) is 1. The van der Waals surface area contributed by atoms with E-state index in [2.05, 4.69) is 22.4 Å². The van der Waals surface area contributed by atoms with E-state index in [1.807, 2.05) is 41.3 Å². The maximum absolute atomic E-state index is 12.7. The Balaban J connectivity index is 1.20. The summed E-state index contributed by atoms with van der Waals surface area (Å²) in [5, 5.41) is 17.5. The van der Waals surface area contributed by atoms with Gasteiger partial charge in [-0.1, -0.05) is 29.5 Å². The van der Waals surface area contributed by atoms with Gasteiger partial charge >= 0.3 is 5.97 Å². The Morgan fingerprint density at radius 1 is 1.00 bits per heavy atom. The molecule has 10 heteroatoms. The molecule has 0 radical (unpaired) electrons. The van der Waals surface area contributed by atoms with Crippen molar-refractivity contribution < 1.29 is 28.9 Å². The van der Waals surface area contributed by atoms with E-state index < -0.39 is 5.97 Å². The number of hydrogen-bond donors (Lipinski definition) is 1. The van der Waals surface area contributed by atoms with Crippen molar-refractivity contribution in [1.82, 2.24) is 19.9 Å². The van der Waals surface area contributed by atoms with Gasteiger partial charge in [0.05, 0.1) is 26.9 Å². The highest BCUT2D eigenvalue weighted by Gasteiger charge is 2.28. The molecule has 10 nitrogen and oxygen atoms in total. The van der Waals surface area contributed by atoms with Gasteiger partial charge in [-0.05, 0) is 67.0 Å². The zero-order chi connectivity index (χ0) is 26.5. The number of methoxy groups -OCH3 is 1. The number of rotatable bonds is 8. The molecule has 2 fully saturated rings. The van der Waals surface area contributed by atoms with Crippen LogP contribution >= 0.6 is 0 Å². The highest BCUT2D eigenvalue weighted by atomic mass is 16.5.